The lowest BCUT2D eigenvalue weighted by atomic mass is 10.0. The molecule has 3 nitrogen and oxygen atoms in total. The lowest BCUT2D eigenvalue weighted by molar-refractivity contribution is 0.464. The standard InChI is InChI=1S/C12H19N3/c1-2-15-8-7-13-11(15)14-9-12(5-6-12)10-3-4-10/h7-8,10H,2-6,9H2,1H3,(H,13,14). The van der Waals surface area contributed by atoms with Crippen molar-refractivity contribution in [2.75, 3.05) is 11.9 Å². The molecule has 1 N–H and O–H groups in total. The largest absolute Gasteiger partial charge is 0.355 e. The molecule has 1 aromatic heterocycles. The highest BCUT2D eigenvalue weighted by atomic mass is 15.2. The van der Waals surface area contributed by atoms with Crippen LogP contribution in [0.5, 0.6) is 0 Å². The summed E-state index contributed by atoms with van der Waals surface area (Å²) < 4.78 is 2.17. The van der Waals surface area contributed by atoms with Crippen molar-refractivity contribution in [3.8, 4) is 0 Å². The number of aryl methyl sites for hydroxylation is 1. The van der Waals surface area contributed by atoms with Crippen LogP contribution in [0.2, 0.25) is 0 Å². The van der Waals surface area contributed by atoms with Crippen molar-refractivity contribution in [3.05, 3.63) is 12.4 Å². The second kappa shape index (κ2) is 3.26. The Kier molecular flexibility index (Phi) is 2.01. The molecule has 0 amide bonds. The van der Waals surface area contributed by atoms with Gasteiger partial charge in [0.2, 0.25) is 5.95 Å². The molecule has 2 saturated carbocycles. The lowest BCUT2D eigenvalue weighted by Gasteiger charge is -2.15. The molecule has 0 unspecified atom stereocenters. The fourth-order valence-corrected chi connectivity index (χ4v) is 2.57. The molecule has 1 heterocycles. The Morgan fingerprint density at radius 2 is 2.33 bits per heavy atom. The number of aromatic nitrogens is 2. The van der Waals surface area contributed by atoms with Gasteiger partial charge in [-0.3, -0.25) is 0 Å². The quantitative estimate of drug-likeness (QED) is 0.800. The fourth-order valence-electron chi connectivity index (χ4n) is 2.57. The van der Waals surface area contributed by atoms with Crippen molar-refractivity contribution in [2.45, 2.75) is 39.2 Å². The molecule has 0 atom stereocenters. The first-order valence-corrected chi connectivity index (χ1v) is 6.09. The van der Waals surface area contributed by atoms with E-state index in [1.165, 1.54) is 25.7 Å². The molecule has 2 aliphatic rings. The molecule has 15 heavy (non-hydrogen) atoms. The molecule has 0 saturated heterocycles. The number of nitrogens with one attached hydrogen (secondary N) is 1. The van der Waals surface area contributed by atoms with Crippen LogP contribution in [0, 0.1) is 11.3 Å². The highest BCUT2D eigenvalue weighted by Gasteiger charge is 2.53. The molecule has 1 aromatic rings. The first-order valence-electron chi connectivity index (χ1n) is 6.09. The van der Waals surface area contributed by atoms with Crippen molar-refractivity contribution in [1.82, 2.24) is 9.55 Å². The summed E-state index contributed by atoms with van der Waals surface area (Å²) in [7, 11) is 0. The highest BCUT2D eigenvalue weighted by Crippen LogP contribution is 2.61. The van der Waals surface area contributed by atoms with Crippen LogP contribution >= 0.6 is 0 Å². The third kappa shape index (κ3) is 1.64. The molecule has 0 bridgehead atoms. The minimum atomic E-state index is 0.657. The van der Waals surface area contributed by atoms with Crippen LogP contribution in [0.1, 0.15) is 32.6 Å². The average Bonchev–Trinajstić information content (AvgIpc) is 3.13. The number of nitrogens with zero attached hydrogens (tertiary/aromatic N) is 2. The van der Waals surface area contributed by atoms with Gasteiger partial charge in [-0.05, 0) is 43.9 Å². The molecule has 2 aliphatic carbocycles. The fraction of sp³-hybridized carbons (Fsp3) is 0.750. The van der Waals surface area contributed by atoms with Gasteiger partial charge < -0.3 is 9.88 Å². The normalized spacial score (nSPS) is 22.7. The SMILES string of the molecule is CCn1ccnc1NCC1(C2CC2)CC1. The summed E-state index contributed by atoms with van der Waals surface area (Å²) in [6, 6.07) is 0. The molecular weight excluding hydrogens is 186 g/mol. The Morgan fingerprint density at radius 1 is 1.53 bits per heavy atom. The third-order valence-corrected chi connectivity index (χ3v) is 3.99. The van der Waals surface area contributed by atoms with Crippen molar-refractivity contribution < 1.29 is 0 Å². The first kappa shape index (κ1) is 9.25. The topological polar surface area (TPSA) is 29.9 Å². The van der Waals surface area contributed by atoms with Crippen molar-refractivity contribution in [3.63, 3.8) is 0 Å². The maximum absolute atomic E-state index is 4.35. The molecule has 0 radical (unpaired) electrons. The summed E-state index contributed by atoms with van der Waals surface area (Å²) in [5, 5.41) is 3.52. The van der Waals surface area contributed by atoms with E-state index in [0.717, 1.165) is 25.0 Å². The average molecular weight is 205 g/mol. The van der Waals surface area contributed by atoms with Crippen molar-refractivity contribution >= 4 is 5.95 Å². The zero-order chi connectivity index (χ0) is 10.3. The Balaban J connectivity index is 1.61. The number of hydrogen-bond donors (Lipinski definition) is 1. The third-order valence-electron chi connectivity index (χ3n) is 3.99. The Hall–Kier alpha value is -0.990. The molecule has 2 fully saturated rings. The number of hydrogen-bond acceptors (Lipinski definition) is 2. The van der Waals surface area contributed by atoms with Crippen LogP contribution in [0.3, 0.4) is 0 Å². The maximum Gasteiger partial charge on any atom is 0.202 e. The van der Waals surface area contributed by atoms with E-state index < -0.39 is 0 Å². The van der Waals surface area contributed by atoms with Crippen molar-refractivity contribution in [2.24, 2.45) is 11.3 Å². The van der Waals surface area contributed by atoms with Gasteiger partial charge in [-0.25, -0.2) is 4.98 Å². The van der Waals surface area contributed by atoms with E-state index in [1.54, 1.807) is 0 Å². The molecule has 3 heteroatoms. The molecule has 0 spiro atoms. The van der Waals surface area contributed by atoms with E-state index in [-0.39, 0.29) is 0 Å². The van der Waals surface area contributed by atoms with Gasteiger partial charge >= 0.3 is 0 Å². The van der Waals surface area contributed by atoms with Crippen LogP contribution < -0.4 is 5.32 Å². The van der Waals surface area contributed by atoms with E-state index in [0.29, 0.717) is 5.41 Å². The monoisotopic (exact) mass is 205 g/mol. The van der Waals surface area contributed by atoms with Crippen LogP contribution in [0.15, 0.2) is 12.4 Å². The van der Waals surface area contributed by atoms with Gasteiger partial charge in [0.05, 0.1) is 0 Å². The van der Waals surface area contributed by atoms with Gasteiger partial charge in [0.25, 0.3) is 0 Å². The van der Waals surface area contributed by atoms with Gasteiger partial charge in [-0.1, -0.05) is 0 Å². The Labute approximate surface area is 90.9 Å². The second-order valence-electron chi connectivity index (χ2n) is 5.03. The van der Waals surface area contributed by atoms with E-state index in [9.17, 15) is 0 Å². The first-order chi connectivity index (χ1) is 7.34. The van der Waals surface area contributed by atoms with Crippen LogP contribution in [-0.2, 0) is 6.54 Å². The smallest absolute Gasteiger partial charge is 0.202 e. The van der Waals surface area contributed by atoms with Crippen molar-refractivity contribution in [1.29, 1.82) is 0 Å². The zero-order valence-electron chi connectivity index (χ0n) is 9.37. The van der Waals surface area contributed by atoms with E-state index in [4.69, 9.17) is 0 Å². The van der Waals surface area contributed by atoms with Crippen LogP contribution in [-0.4, -0.2) is 16.1 Å². The van der Waals surface area contributed by atoms with Gasteiger partial charge in [-0.15, -0.1) is 0 Å². The summed E-state index contributed by atoms with van der Waals surface area (Å²) in [4.78, 5) is 4.35. The minimum absolute atomic E-state index is 0.657. The Bertz CT molecular complexity index is 348. The highest BCUT2D eigenvalue weighted by molar-refractivity contribution is 5.28. The van der Waals surface area contributed by atoms with Gasteiger partial charge in [-0.2, -0.15) is 0 Å². The van der Waals surface area contributed by atoms with E-state index >= 15 is 0 Å². The van der Waals surface area contributed by atoms with E-state index in [1.807, 2.05) is 12.4 Å². The van der Waals surface area contributed by atoms with Gasteiger partial charge in [0, 0.05) is 25.5 Å². The minimum Gasteiger partial charge on any atom is -0.355 e. The molecular formula is C12H19N3. The second-order valence-corrected chi connectivity index (χ2v) is 5.03. The van der Waals surface area contributed by atoms with Crippen LogP contribution in [0.25, 0.3) is 0 Å². The molecule has 3 rings (SSSR count). The number of anilines is 1. The number of imidazole rings is 1. The lowest BCUT2D eigenvalue weighted by Crippen LogP contribution is -2.19. The maximum atomic E-state index is 4.35. The predicted molar refractivity (Wildman–Crippen MR) is 60.8 cm³/mol. The summed E-state index contributed by atoms with van der Waals surface area (Å²) in [6.07, 6.45) is 9.70. The zero-order valence-corrected chi connectivity index (χ0v) is 9.37. The number of rotatable bonds is 5. The Morgan fingerprint density at radius 3 is 2.93 bits per heavy atom. The van der Waals surface area contributed by atoms with Gasteiger partial charge in [0.15, 0.2) is 0 Å². The predicted octanol–water partition coefficient (Wildman–Crippen LogP) is 2.51. The summed E-state index contributed by atoms with van der Waals surface area (Å²) >= 11 is 0. The van der Waals surface area contributed by atoms with Crippen LogP contribution in [0.4, 0.5) is 5.95 Å². The summed E-state index contributed by atoms with van der Waals surface area (Å²) in [5.74, 6) is 2.07. The molecule has 82 valence electrons. The van der Waals surface area contributed by atoms with Gasteiger partial charge in [0.1, 0.15) is 0 Å². The summed E-state index contributed by atoms with van der Waals surface area (Å²) in [5.41, 5.74) is 0.657. The summed E-state index contributed by atoms with van der Waals surface area (Å²) in [6.45, 7) is 4.29. The van der Waals surface area contributed by atoms with E-state index in [2.05, 4.69) is 21.8 Å². The molecule has 0 aromatic carbocycles. The molecule has 0 aliphatic heterocycles.